The molecule has 3 nitrogen and oxygen atoms in total. The second kappa shape index (κ2) is 5.89. The summed E-state index contributed by atoms with van der Waals surface area (Å²) in [5.41, 5.74) is 1.96. The van der Waals surface area contributed by atoms with Gasteiger partial charge in [0.15, 0.2) is 0 Å². The van der Waals surface area contributed by atoms with Gasteiger partial charge in [0.05, 0.1) is 11.3 Å². The molecule has 0 aliphatic carbocycles. The third kappa shape index (κ3) is 2.75. The SMILES string of the molecule is N#Cc1cccnc1-c1ccccc1Oc1ccccc1. The van der Waals surface area contributed by atoms with Crippen LogP contribution in [0.1, 0.15) is 5.56 Å². The van der Waals surface area contributed by atoms with Gasteiger partial charge in [0.1, 0.15) is 17.6 Å². The molecule has 3 aromatic rings. The molecule has 0 saturated heterocycles. The molecule has 3 rings (SSSR count). The number of rotatable bonds is 3. The number of aromatic nitrogens is 1. The zero-order chi connectivity index (χ0) is 14.5. The van der Waals surface area contributed by atoms with Crippen LogP contribution in [-0.2, 0) is 0 Å². The number of nitrogens with zero attached hydrogens (tertiary/aromatic N) is 2. The maximum absolute atomic E-state index is 9.23. The van der Waals surface area contributed by atoms with Crippen LogP contribution in [0.3, 0.4) is 0 Å². The van der Waals surface area contributed by atoms with E-state index in [0.717, 1.165) is 11.3 Å². The van der Waals surface area contributed by atoms with Crippen molar-refractivity contribution in [2.45, 2.75) is 0 Å². The highest BCUT2D eigenvalue weighted by molar-refractivity contribution is 5.72. The van der Waals surface area contributed by atoms with Crippen molar-refractivity contribution < 1.29 is 4.74 Å². The lowest BCUT2D eigenvalue weighted by molar-refractivity contribution is 0.484. The largest absolute Gasteiger partial charge is 0.457 e. The molecule has 2 aromatic carbocycles. The number of hydrogen-bond donors (Lipinski definition) is 0. The Morgan fingerprint density at radius 3 is 2.43 bits per heavy atom. The highest BCUT2D eigenvalue weighted by atomic mass is 16.5. The average Bonchev–Trinajstić information content (AvgIpc) is 2.56. The lowest BCUT2D eigenvalue weighted by atomic mass is 10.1. The highest BCUT2D eigenvalue weighted by Crippen LogP contribution is 2.33. The summed E-state index contributed by atoms with van der Waals surface area (Å²) in [5.74, 6) is 1.43. The Labute approximate surface area is 123 Å². The summed E-state index contributed by atoms with van der Waals surface area (Å²) in [4.78, 5) is 4.32. The predicted octanol–water partition coefficient (Wildman–Crippen LogP) is 4.41. The van der Waals surface area contributed by atoms with Gasteiger partial charge < -0.3 is 4.74 Å². The van der Waals surface area contributed by atoms with Crippen LogP contribution >= 0.6 is 0 Å². The Morgan fingerprint density at radius 2 is 1.62 bits per heavy atom. The summed E-state index contributed by atoms with van der Waals surface area (Å²) in [7, 11) is 0. The van der Waals surface area contributed by atoms with E-state index in [1.807, 2.05) is 54.6 Å². The second-order valence-electron chi connectivity index (χ2n) is 4.42. The minimum Gasteiger partial charge on any atom is -0.457 e. The molecule has 0 N–H and O–H groups in total. The zero-order valence-electron chi connectivity index (χ0n) is 11.2. The van der Waals surface area contributed by atoms with Crippen LogP contribution in [0.2, 0.25) is 0 Å². The van der Waals surface area contributed by atoms with Gasteiger partial charge in [-0.15, -0.1) is 0 Å². The summed E-state index contributed by atoms with van der Waals surface area (Å²) in [6.07, 6.45) is 1.68. The van der Waals surface area contributed by atoms with Gasteiger partial charge in [0.2, 0.25) is 0 Å². The van der Waals surface area contributed by atoms with E-state index in [-0.39, 0.29) is 0 Å². The highest BCUT2D eigenvalue weighted by Gasteiger charge is 2.11. The minimum atomic E-state index is 0.529. The molecule has 0 fully saturated rings. The molecule has 1 aromatic heterocycles. The van der Waals surface area contributed by atoms with Gasteiger partial charge in [0.25, 0.3) is 0 Å². The lowest BCUT2D eigenvalue weighted by Gasteiger charge is -2.11. The summed E-state index contributed by atoms with van der Waals surface area (Å²) in [6, 6.07) is 22.8. The fraction of sp³-hybridized carbons (Fsp3) is 0. The molecule has 0 aliphatic rings. The Bertz CT molecular complexity index is 792. The predicted molar refractivity (Wildman–Crippen MR) is 80.9 cm³/mol. The maximum atomic E-state index is 9.23. The third-order valence-electron chi connectivity index (χ3n) is 3.04. The van der Waals surface area contributed by atoms with Gasteiger partial charge in [-0.05, 0) is 36.4 Å². The van der Waals surface area contributed by atoms with E-state index >= 15 is 0 Å². The first-order chi connectivity index (χ1) is 10.4. The van der Waals surface area contributed by atoms with Crippen molar-refractivity contribution in [2.75, 3.05) is 0 Å². The van der Waals surface area contributed by atoms with Crippen molar-refractivity contribution in [3.05, 3.63) is 78.5 Å². The van der Waals surface area contributed by atoms with E-state index in [4.69, 9.17) is 4.74 Å². The van der Waals surface area contributed by atoms with Crippen molar-refractivity contribution in [2.24, 2.45) is 0 Å². The Morgan fingerprint density at radius 1 is 0.857 bits per heavy atom. The molecule has 0 aliphatic heterocycles. The van der Waals surface area contributed by atoms with E-state index in [2.05, 4.69) is 11.1 Å². The minimum absolute atomic E-state index is 0.529. The van der Waals surface area contributed by atoms with Crippen molar-refractivity contribution in [1.82, 2.24) is 4.98 Å². The molecule has 0 unspecified atom stereocenters. The van der Waals surface area contributed by atoms with Crippen LogP contribution in [0.4, 0.5) is 0 Å². The molecule has 0 spiro atoms. The lowest BCUT2D eigenvalue weighted by Crippen LogP contribution is -1.92. The molecule has 0 bridgehead atoms. The first-order valence-corrected chi connectivity index (χ1v) is 6.56. The maximum Gasteiger partial charge on any atom is 0.136 e. The number of para-hydroxylation sites is 2. The monoisotopic (exact) mass is 272 g/mol. The molecule has 3 heteroatoms. The van der Waals surface area contributed by atoms with Crippen LogP contribution < -0.4 is 4.74 Å². The average molecular weight is 272 g/mol. The van der Waals surface area contributed by atoms with Gasteiger partial charge in [-0.25, -0.2) is 0 Å². The van der Waals surface area contributed by atoms with Crippen molar-refractivity contribution in [3.63, 3.8) is 0 Å². The molecular weight excluding hydrogens is 260 g/mol. The summed E-state index contributed by atoms with van der Waals surface area (Å²) in [5, 5.41) is 9.23. The van der Waals surface area contributed by atoms with Crippen molar-refractivity contribution in [1.29, 1.82) is 5.26 Å². The summed E-state index contributed by atoms with van der Waals surface area (Å²) < 4.78 is 5.91. The van der Waals surface area contributed by atoms with Crippen LogP contribution in [0.5, 0.6) is 11.5 Å². The van der Waals surface area contributed by atoms with Gasteiger partial charge in [0, 0.05) is 11.8 Å². The molecule has 0 radical (unpaired) electrons. The summed E-state index contributed by atoms with van der Waals surface area (Å²) >= 11 is 0. The smallest absolute Gasteiger partial charge is 0.136 e. The summed E-state index contributed by atoms with van der Waals surface area (Å²) in [6.45, 7) is 0. The molecule has 0 atom stereocenters. The molecule has 100 valence electrons. The van der Waals surface area contributed by atoms with Gasteiger partial charge >= 0.3 is 0 Å². The quantitative estimate of drug-likeness (QED) is 0.709. The topological polar surface area (TPSA) is 45.9 Å². The van der Waals surface area contributed by atoms with Crippen molar-refractivity contribution >= 4 is 0 Å². The molecule has 21 heavy (non-hydrogen) atoms. The first-order valence-electron chi connectivity index (χ1n) is 6.56. The number of nitriles is 1. The fourth-order valence-corrected chi connectivity index (χ4v) is 2.08. The van der Waals surface area contributed by atoms with Crippen molar-refractivity contribution in [3.8, 4) is 28.8 Å². The second-order valence-corrected chi connectivity index (χ2v) is 4.42. The van der Waals surface area contributed by atoms with E-state index in [1.54, 1.807) is 18.3 Å². The van der Waals surface area contributed by atoms with Gasteiger partial charge in [-0.3, -0.25) is 4.98 Å². The number of pyridine rings is 1. The van der Waals surface area contributed by atoms with Crippen LogP contribution in [0.25, 0.3) is 11.3 Å². The molecule has 1 heterocycles. The van der Waals surface area contributed by atoms with Gasteiger partial charge in [-0.2, -0.15) is 5.26 Å². The zero-order valence-corrected chi connectivity index (χ0v) is 11.2. The Kier molecular flexibility index (Phi) is 3.62. The van der Waals surface area contributed by atoms with Crippen LogP contribution in [0.15, 0.2) is 72.9 Å². The number of ether oxygens (including phenoxy) is 1. The van der Waals surface area contributed by atoms with E-state index in [1.165, 1.54) is 0 Å². The van der Waals surface area contributed by atoms with E-state index in [0.29, 0.717) is 17.0 Å². The van der Waals surface area contributed by atoms with E-state index in [9.17, 15) is 5.26 Å². The van der Waals surface area contributed by atoms with Crippen LogP contribution in [-0.4, -0.2) is 4.98 Å². The third-order valence-corrected chi connectivity index (χ3v) is 3.04. The van der Waals surface area contributed by atoms with E-state index < -0.39 is 0 Å². The Hall–Kier alpha value is -3.12. The number of benzene rings is 2. The fourth-order valence-electron chi connectivity index (χ4n) is 2.08. The molecule has 0 saturated carbocycles. The molecule has 0 amide bonds. The number of hydrogen-bond acceptors (Lipinski definition) is 3. The van der Waals surface area contributed by atoms with Gasteiger partial charge in [-0.1, -0.05) is 30.3 Å². The Balaban J connectivity index is 2.06. The molecular formula is C18H12N2O. The first kappa shape index (κ1) is 12.9. The normalized spacial score (nSPS) is 9.86. The van der Waals surface area contributed by atoms with Crippen LogP contribution in [0, 0.1) is 11.3 Å². The standard InChI is InChI=1S/C18H12N2O/c19-13-14-7-6-12-20-18(14)16-10-4-5-11-17(16)21-15-8-2-1-3-9-15/h1-12H.